The normalized spacial score (nSPS) is 18.8. The van der Waals surface area contributed by atoms with Crippen molar-refractivity contribution in [3.63, 3.8) is 0 Å². The summed E-state index contributed by atoms with van der Waals surface area (Å²) >= 11 is 1.48. The fourth-order valence-electron chi connectivity index (χ4n) is 4.30. The summed E-state index contributed by atoms with van der Waals surface area (Å²) in [5, 5.41) is 1.93. The van der Waals surface area contributed by atoms with E-state index in [-0.39, 0.29) is 17.7 Å². The molecule has 2 fully saturated rings. The van der Waals surface area contributed by atoms with Gasteiger partial charge < -0.3 is 9.80 Å². The number of hydrogen-bond acceptors (Lipinski definition) is 4. The molecular formula is C23H29N3O2S. The Morgan fingerprint density at radius 1 is 0.931 bits per heavy atom. The summed E-state index contributed by atoms with van der Waals surface area (Å²) in [7, 11) is 0. The van der Waals surface area contributed by atoms with Crippen LogP contribution in [-0.2, 0) is 11.3 Å². The first-order chi connectivity index (χ1) is 14.1. The summed E-state index contributed by atoms with van der Waals surface area (Å²) < 4.78 is 0. The van der Waals surface area contributed by atoms with Gasteiger partial charge >= 0.3 is 0 Å². The number of rotatable bonds is 4. The molecule has 2 aromatic rings. The Kier molecular flexibility index (Phi) is 6.31. The lowest BCUT2D eigenvalue weighted by atomic mass is 9.94. The van der Waals surface area contributed by atoms with Crippen molar-refractivity contribution in [3.8, 4) is 0 Å². The molecule has 29 heavy (non-hydrogen) atoms. The minimum atomic E-state index is 0.0605. The molecule has 0 atom stereocenters. The zero-order valence-electron chi connectivity index (χ0n) is 17.0. The number of amides is 2. The quantitative estimate of drug-likeness (QED) is 0.776. The monoisotopic (exact) mass is 411 g/mol. The van der Waals surface area contributed by atoms with Gasteiger partial charge in [-0.25, -0.2) is 0 Å². The van der Waals surface area contributed by atoms with Crippen molar-refractivity contribution >= 4 is 23.2 Å². The average Bonchev–Trinajstić information content (AvgIpc) is 3.30. The van der Waals surface area contributed by atoms with E-state index in [1.165, 1.54) is 22.5 Å². The van der Waals surface area contributed by atoms with Crippen LogP contribution < -0.4 is 0 Å². The highest BCUT2D eigenvalue weighted by molar-refractivity contribution is 7.12. The first-order valence-corrected chi connectivity index (χ1v) is 11.4. The van der Waals surface area contributed by atoms with Crippen LogP contribution in [0.1, 0.15) is 33.6 Å². The van der Waals surface area contributed by atoms with Crippen LogP contribution in [0.5, 0.6) is 0 Å². The first-order valence-electron chi connectivity index (χ1n) is 10.5. The van der Waals surface area contributed by atoms with Crippen molar-refractivity contribution in [2.24, 2.45) is 5.92 Å². The number of piperidine rings is 1. The van der Waals surface area contributed by atoms with Gasteiger partial charge in [0.05, 0.1) is 4.88 Å². The van der Waals surface area contributed by atoms with E-state index in [9.17, 15) is 9.59 Å². The van der Waals surface area contributed by atoms with E-state index in [4.69, 9.17) is 0 Å². The van der Waals surface area contributed by atoms with Crippen LogP contribution in [0.15, 0.2) is 41.8 Å². The van der Waals surface area contributed by atoms with Crippen LogP contribution in [0.3, 0.4) is 0 Å². The van der Waals surface area contributed by atoms with Gasteiger partial charge in [0.15, 0.2) is 0 Å². The zero-order valence-corrected chi connectivity index (χ0v) is 17.9. The van der Waals surface area contributed by atoms with Gasteiger partial charge in [-0.05, 0) is 42.3 Å². The summed E-state index contributed by atoms with van der Waals surface area (Å²) in [5.41, 5.74) is 2.70. The van der Waals surface area contributed by atoms with E-state index in [0.717, 1.165) is 50.4 Å². The van der Waals surface area contributed by atoms with Crippen LogP contribution in [-0.4, -0.2) is 65.8 Å². The molecule has 2 saturated heterocycles. The highest BCUT2D eigenvalue weighted by Gasteiger charge is 2.32. The lowest BCUT2D eigenvalue weighted by molar-refractivity contribution is -0.138. The van der Waals surface area contributed by atoms with Crippen LogP contribution in [0.4, 0.5) is 0 Å². The topological polar surface area (TPSA) is 43.9 Å². The first kappa shape index (κ1) is 20.1. The van der Waals surface area contributed by atoms with Crippen LogP contribution in [0.2, 0.25) is 0 Å². The highest BCUT2D eigenvalue weighted by Crippen LogP contribution is 2.23. The molecule has 1 aromatic heterocycles. The Morgan fingerprint density at radius 3 is 2.31 bits per heavy atom. The number of carbonyl (C=O) groups is 2. The van der Waals surface area contributed by atoms with Gasteiger partial charge in [0.25, 0.3) is 5.91 Å². The van der Waals surface area contributed by atoms with Crippen LogP contribution in [0.25, 0.3) is 0 Å². The van der Waals surface area contributed by atoms with Gasteiger partial charge in [-0.15, -0.1) is 11.3 Å². The molecule has 0 spiro atoms. The number of carbonyl (C=O) groups excluding carboxylic acids is 2. The second kappa shape index (κ2) is 9.09. The fourth-order valence-corrected chi connectivity index (χ4v) is 4.99. The van der Waals surface area contributed by atoms with Crippen molar-refractivity contribution in [2.75, 3.05) is 39.3 Å². The third kappa shape index (κ3) is 4.70. The lowest BCUT2D eigenvalue weighted by Crippen LogP contribution is -2.51. The molecule has 5 nitrogen and oxygen atoms in total. The molecular weight excluding hydrogens is 382 g/mol. The van der Waals surface area contributed by atoms with Crippen molar-refractivity contribution in [1.82, 2.24) is 14.7 Å². The second-order valence-corrected chi connectivity index (χ2v) is 9.02. The summed E-state index contributed by atoms with van der Waals surface area (Å²) in [4.78, 5) is 32.6. The number of hydrogen-bond donors (Lipinski definition) is 0. The zero-order chi connectivity index (χ0) is 20.2. The van der Waals surface area contributed by atoms with Crippen molar-refractivity contribution in [1.29, 1.82) is 0 Å². The van der Waals surface area contributed by atoms with E-state index >= 15 is 0 Å². The maximum atomic E-state index is 13.0. The number of thiophene rings is 1. The van der Waals surface area contributed by atoms with E-state index in [2.05, 4.69) is 36.1 Å². The molecule has 0 aliphatic carbocycles. The largest absolute Gasteiger partial charge is 0.340 e. The van der Waals surface area contributed by atoms with Gasteiger partial charge in [-0.1, -0.05) is 30.3 Å². The second-order valence-electron chi connectivity index (χ2n) is 8.07. The number of nitrogens with zero attached hydrogens (tertiary/aromatic N) is 3. The molecule has 1 aromatic carbocycles. The Bertz CT molecular complexity index is 836. The molecule has 0 unspecified atom stereocenters. The molecule has 6 heteroatoms. The number of likely N-dealkylation sites (tertiary alicyclic amines) is 1. The van der Waals surface area contributed by atoms with E-state index in [1.807, 2.05) is 27.3 Å². The van der Waals surface area contributed by atoms with E-state index < -0.39 is 0 Å². The van der Waals surface area contributed by atoms with Crippen molar-refractivity contribution in [3.05, 3.63) is 57.8 Å². The third-order valence-corrected chi connectivity index (χ3v) is 7.06. The minimum Gasteiger partial charge on any atom is -0.340 e. The predicted octanol–water partition coefficient (Wildman–Crippen LogP) is 3.25. The van der Waals surface area contributed by atoms with Crippen LogP contribution >= 0.6 is 11.3 Å². The number of aryl methyl sites for hydroxylation is 1. The van der Waals surface area contributed by atoms with E-state index in [1.54, 1.807) is 0 Å². The van der Waals surface area contributed by atoms with Gasteiger partial charge in [-0.2, -0.15) is 0 Å². The fraction of sp³-hybridized carbons (Fsp3) is 0.478. The van der Waals surface area contributed by atoms with E-state index in [0.29, 0.717) is 13.1 Å². The Hall–Kier alpha value is -2.18. The number of piperazine rings is 1. The number of benzene rings is 1. The molecule has 2 aliphatic heterocycles. The average molecular weight is 412 g/mol. The van der Waals surface area contributed by atoms with Crippen LogP contribution in [0, 0.1) is 12.8 Å². The predicted molar refractivity (Wildman–Crippen MR) is 116 cm³/mol. The Labute approximate surface area is 176 Å². The maximum absolute atomic E-state index is 13.0. The van der Waals surface area contributed by atoms with Crippen molar-refractivity contribution in [2.45, 2.75) is 26.3 Å². The smallest absolute Gasteiger partial charge is 0.263 e. The summed E-state index contributed by atoms with van der Waals surface area (Å²) in [6.07, 6.45) is 1.55. The standard InChI is InChI=1S/C23H29N3O2S/c1-18-5-2-3-6-20(18)17-24-12-14-26(15-13-24)22(27)19-8-10-25(11-9-19)23(28)21-7-4-16-29-21/h2-7,16,19H,8-15,17H2,1H3. The Morgan fingerprint density at radius 2 is 1.66 bits per heavy atom. The minimum absolute atomic E-state index is 0.0605. The molecule has 2 aliphatic rings. The summed E-state index contributed by atoms with van der Waals surface area (Å²) in [6, 6.07) is 12.3. The van der Waals surface area contributed by atoms with Crippen molar-refractivity contribution < 1.29 is 9.59 Å². The molecule has 0 N–H and O–H groups in total. The molecule has 154 valence electrons. The Balaban J connectivity index is 1.24. The molecule has 2 amide bonds. The summed E-state index contributed by atoms with van der Waals surface area (Å²) in [5.74, 6) is 0.449. The van der Waals surface area contributed by atoms with Gasteiger partial charge in [0.1, 0.15) is 0 Å². The van der Waals surface area contributed by atoms with Gasteiger partial charge in [0, 0.05) is 51.7 Å². The molecule has 0 saturated carbocycles. The third-order valence-electron chi connectivity index (χ3n) is 6.20. The molecule has 4 rings (SSSR count). The maximum Gasteiger partial charge on any atom is 0.263 e. The molecule has 0 radical (unpaired) electrons. The lowest BCUT2D eigenvalue weighted by Gasteiger charge is -2.38. The van der Waals surface area contributed by atoms with Gasteiger partial charge in [0.2, 0.25) is 5.91 Å². The summed E-state index contributed by atoms with van der Waals surface area (Å²) in [6.45, 7) is 7.94. The molecule has 0 bridgehead atoms. The SMILES string of the molecule is Cc1ccccc1CN1CCN(C(=O)C2CCN(C(=O)c3cccs3)CC2)CC1. The highest BCUT2D eigenvalue weighted by atomic mass is 32.1. The van der Waals surface area contributed by atoms with Gasteiger partial charge in [-0.3, -0.25) is 14.5 Å². The molecule has 3 heterocycles.